The van der Waals surface area contributed by atoms with Crippen LogP contribution in [0.3, 0.4) is 0 Å². The molecule has 0 saturated carbocycles. The van der Waals surface area contributed by atoms with Crippen LogP contribution in [0.1, 0.15) is 41.3 Å². The van der Waals surface area contributed by atoms with Gasteiger partial charge in [-0.25, -0.2) is 4.79 Å². The number of rotatable bonds is 6. The standard InChI is InChI=1S/C30H24ClN3O4/c1-17(2)18-9-12-22(13-10-18)34-26-16-21(31)11-14-24(26)27(29(34)36)33-32-25-8-4-7-23(28(25)35)19-5-3-6-20(15-19)30(37)38/h3-17,32,35H,1-2H3,(H,37,38). The Morgan fingerprint density at radius 3 is 2.39 bits per heavy atom. The Morgan fingerprint density at radius 1 is 0.947 bits per heavy atom. The number of amides is 1. The Balaban J connectivity index is 1.50. The molecule has 38 heavy (non-hydrogen) atoms. The molecule has 0 aliphatic carbocycles. The van der Waals surface area contributed by atoms with Crippen LogP contribution in [0.2, 0.25) is 5.02 Å². The topological polar surface area (TPSA) is 102 Å². The van der Waals surface area contributed by atoms with Crippen molar-refractivity contribution in [2.75, 3.05) is 10.3 Å². The molecule has 0 bridgehead atoms. The number of aromatic carboxylic acids is 1. The lowest BCUT2D eigenvalue weighted by molar-refractivity contribution is -0.111. The van der Waals surface area contributed by atoms with Crippen molar-refractivity contribution in [3.63, 3.8) is 0 Å². The number of phenolic OH excluding ortho intramolecular Hbond substituents is 1. The Kier molecular flexibility index (Phi) is 6.61. The van der Waals surface area contributed by atoms with Crippen molar-refractivity contribution in [3.8, 4) is 16.9 Å². The van der Waals surface area contributed by atoms with Gasteiger partial charge in [0.1, 0.15) is 5.75 Å². The fourth-order valence-corrected chi connectivity index (χ4v) is 4.56. The summed E-state index contributed by atoms with van der Waals surface area (Å²) in [7, 11) is 0. The zero-order chi connectivity index (χ0) is 27.0. The Bertz CT molecular complexity index is 1600. The first-order chi connectivity index (χ1) is 18.2. The molecule has 4 aromatic rings. The zero-order valence-corrected chi connectivity index (χ0v) is 21.4. The summed E-state index contributed by atoms with van der Waals surface area (Å²) in [5.41, 5.74) is 7.39. The maximum atomic E-state index is 13.6. The molecule has 5 rings (SSSR count). The van der Waals surface area contributed by atoms with Gasteiger partial charge in [0.2, 0.25) is 0 Å². The number of benzene rings is 4. The number of nitrogens with one attached hydrogen (secondary N) is 1. The number of halogens is 1. The fourth-order valence-electron chi connectivity index (χ4n) is 4.40. The normalized spacial score (nSPS) is 13.7. The van der Waals surface area contributed by atoms with E-state index in [1.807, 2.05) is 24.3 Å². The third-order valence-corrected chi connectivity index (χ3v) is 6.66. The van der Waals surface area contributed by atoms with Crippen LogP contribution >= 0.6 is 11.6 Å². The van der Waals surface area contributed by atoms with Crippen LogP contribution < -0.4 is 10.3 Å². The first-order valence-electron chi connectivity index (χ1n) is 12.0. The Hall–Kier alpha value is -4.62. The molecule has 1 heterocycles. The van der Waals surface area contributed by atoms with Crippen molar-refractivity contribution in [3.05, 3.63) is 107 Å². The van der Waals surface area contributed by atoms with Gasteiger partial charge in [0.15, 0.2) is 5.71 Å². The van der Waals surface area contributed by atoms with Crippen molar-refractivity contribution in [2.24, 2.45) is 5.10 Å². The van der Waals surface area contributed by atoms with E-state index in [2.05, 4.69) is 24.4 Å². The number of hydrogen-bond acceptors (Lipinski definition) is 5. The predicted molar refractivity (Wildman–Crippen MR) is 150 cm³/mol. The van der Waals surface area contributed by atoms with E-state index in [1.165, 1.54) is 12.1 Å². The molecule has 0 spiro atoms. The van der Waals surface area contributed by atoms with E-state index < -0.39 is 5.97 Å². The van der Waals surface area contributed by atoms with Crippen LogP contribution in [-0.2, 0) is 4.79 Å². The minimum Gasteiger partial charge on any atom is -0.505 e. The lowest BCUT2D eigenvalue weighted by Crippen LogP contribution is -2.26. The number of para-hydroxylation sites is 1. The predicted octanol–water partition coefficient (Wildman–Crippen LogP) is 7.03. The SMILES string of the molecule is CC(C)c1ccc(N2C(=O)C(=NNc3cccc(-c4cccc(C(=O)O)c4)c3O)c3ccc(Cl)cc32)cc1. The number of carboxylic acids is 1. The highest BCUT2D eigenvalue weighted by Crippen LogP contribution is 2.39. The van der Waals surface area contributed by atoms with Gasteiger partial charge >= 0.3 is 5.97 Å². The molecule has 0 aromatic heterocycles. The summed E-state index contributed by atoms with van der Waals surface area (Å²) in [4.78, 5) is 26.5. The van der Waals surface area contributed by atoms with Crippen LogP contribution in [0.5, 0.6) is 5.75 Å². The molecule has 3 N–H and O–H groups in total. The van der Waals surface area contributed by atoms with Gasteiger partial charge in [-0.2, -0.15) is 5.10 Å². The number of aromatic hydroxyl groups is 1. The highest BCUT2D eigenvalue weighted by atomic mass is 35.5. The van der Waals surface area contributed by atoms with Crippen LogP contribution in [0.15, 0.2) is 90.0 Å². The van der Waals surface area contributed by atoms with Gasteiger partial charge in [0, 0.05) is 21.8 Å². The molecule has 0 fully saturated rings. The molecule has 1 amide bonds. The molecule has 8 heteroatoms. The number of hydrogen-bond donors (Lipinski definition) is 3. The smallest absolute Gasteiger partial charge is 0.335 e. The average molecular weight is 526 g/mol. The first kappa shape index (κ1) is 25.0. The number of nitrogens with zero attached hydrogens (tertiary/aromatic N) is 2. The minimum absolute atomic E-state index is 0.105. The van der Waals surface area contributed by atoms with E-state index in [0.29, 0.717) is 39.0 Å². The van der Waals surface area contributed by atoms with Gasteiger partial charge in [-0.05, 0) is 65.6 Å². The van der Waals surface area contributed by atoms with Crippen molar-refractivity contribution in [1.29, 1.82) is 0 Å². The maximum absolute atomic E-state index is 13.6. The van der Waals surface area contributed by atoms with E-state index in [1.54, 1.807) is 53.4 Å². The molecule has 1 aliphatic rings. The number of carbonyl (C=O) groups is 2. The van der Waals surface area contributed by atoms with Crippen LogP contribution in [0.4, 0.5) is 17.1 Å². The van der Waals surface area contributed by atoms with E-state index in [4.69, 9.17) is 11.6 Å². The lowest BCUT2D eigenvalue weighted by atomic mass is 10.0. The number of carbonyl (C=O) groups excluding carboxylic acids is 1. The van der Waals surface area contributed by atoms with Crippen molar-refractivity contribution in [1.82, 2.24) is 0 Å². The summed E-state index contributed by atoms with van der Waals surface area (Å²) in [6.07, 6.45) is 0. The van der Waals surface area contributed by atoms with Gasteiger partial charge < -0.3 is 10.2 Å². The Labute approximate surface area is 224 Å². The minimum atomic E-state index is -1.06. The molecule has 7 nitrogen and oxygen atoms in total. The summed E-state index contributed by atoms with van der Waals surface area (Å²) >= 11 is 6.28. The molecule has 1 aliphatic heterocycles. The summed E-state index contributed by atoms with van der Waals surface area (Å²) in [6.45, 7) is 4.21. The zero-order valence-electron chi connectivity index (χ0n) is 20.6. The van der Waals surface area contributed by atoms with Crippen LogP contribution in [0.25, 0.3) is 11.1 Å². The quantitative estimate of drug-likeness (QED) is 0.185. The third kappa shape index (κ3) is 4.60. The van der Waals surface area contributed by atoms with Gasteiger partial charge in [0.25, 0.3) is 5.91 Å². The van der Waals surface area contributed by atoms with Crippen LogP contribution in [-0.4, -0.2) is 27.8 Å². The van der Waals surface area contributed by atoms with Crippen molar-refractivity contribution >= 4 is 46.3 Å². The second kappa shape index (κ2) is 10.0. The van der Waals surface area contributed by atoms with Crippen molar-refractivity contribution in [2.45, 2.75) is 19.8 Å². The number of hydrazone groups is 1. The molecule has 4 aromatic carbocycles. The number of fused-ring (bicyclic) bond motifs is 1. The Morgan fingerprint density at radius 2 is 1.68 bits per heavy atom. The van der Waals surface area contributed by atoms with Gasteiger partial charge in [-0.3, -0.25) is 15.1 Å². The molecule has 0 atom stereocenters. The summed E-state index contributed by atoms with van der Waals surface area (Å²) in [5, 5.41) is 25.1. The maximum Gasteiger partial charge on any atom is 0.335 e. The molecule has 0 saturated heterocycles. The highest BCUT2D eigenvalue weighted by molar-refractivity contribution is 6.56. The second-order valence-corrected chi connectivity index (χ2v) is 9.64. The number of phenols is 1. The van der Waals surface area contributed by atoms with Gasteiger partial charge in [-0.1, -0.05) is 61.8 Å². The van der Waals surface area contributed by atoms with Crippen molar-refractivity contribution < 1.29 is 19.8 Å². The molecular weight excluding hydrogens is 502 g/mol. The molecular formula is C30H24ClN3O4. The van der Waals surface area contributed by atoms with Crippen LogP contribution in [0, 0.1) is 0 Å². The fraction of sp³-hybridized carbons (Fsp3) is 0.100. The van der Waals surface area contributed by atoms with E-state index >= 15 is 0 Å². The second-order valence-electron chi connectivity index (χ2n) is 9.21. The highest BCUT2D eigenvalue weighted by Gasteiger charge is 2.35. The molecule has 190 valence electrons. The van der Waals surface area contributed by atoms with Gasteiger partial charge in [-0.15, -0.1) is 0 Å². The van der Waals surface area contributed by atoms with E-state index in [0.717, 1.165) is 5.56 Å². The first-order valence-corrected chi connectivity index (χ1v) is 12.4. The third-order valence-electron chi connectivity index (χ3n) is 6.42. The summed E-state index contributed by atoms with van der Waals surface area (Å²) in [6, 6.07) is 24.2. The largest absolute Gasteiger partial charge is 0.505 e. The monoisotopic (exact) mass is 525 g/mol. The summed E-state index contributed by atoms with van der Waals surface area (Å²) < 4.78 is 0. The lowest BCUT2D eigenvalue weighted by Gasteiger charge is -2.18. The molecule has 0 radical (unpaired) electrons. The van der Waals surface area contributed by atoms with E-state index in [9.17, 15) is 19.8 Å². The summed E-state index contributed by atoms with van der Waals surface area (Å²) in [5.74, 6) is -1.16. The van der Waals surface area contributed by atoms with Gasteiger partial charge in [0.05, 0.1) is 16.9 Å². The van der Waals surface area contributed by atoms with E-state index in [-0.39, 0.29) is 28.6 Å². The number of carboxylic acid groups (broad SMARTS) is 1. The molecule has 0 unspecified atom stereocenters. The average Bonchev–Trinajstić information content (AvgIpc) is 3.18. The number of anilines is 3.